The Morgan fingerprint density at radius 1 is 1.04 bits per heavy atom. The maximum absolute atomic E-state index is 11.6. The van der Waals surface area contributed by atoms with E-state index in [0.29, 0.717) is 6.42 Å². The number of fused-ring (bicyclic) bond motifs is 1. The average molecular weight is 344 g/mol. The number of carbonyl (C=O) groups is 4. The van der Waals surface area contributed by atoms with E-state index in [0.717, 1.165) is 0 Å². The predicted octanol–water partition coefficient (Wildman–Crippen LogP) is -0.114. The molecule has 9 nitrogen and oxygen atoms in total. The number of hydrogen-bond acceptors (Lipinski definition) is 9. The van der Waals surface area contributed by atoms with Gasteiger partial charge in [-0.1, -0.05) is 0 Å². The Kier molecular flexibility index (Phi) is 5.76. The summed E-state index contributed by atoms with van der Waals surface area (Å²) in [6.07, 6.45) is -3.82. The van der Waals surface area contributed by atoms with Crippen molar-refractivity contribution in [1.29, 1.82) is 0 Å². The molecule has 0 radical (unpaired) electrons. The molecule has 2 heterocycles. The van der Waals surface area contributed by atoms with Crippen molar-refractivity contribution in [1.82, 2.24) is 0 Å². The zero-order valence-electron chi connectivity index (χ0n) is 13.7. The summed E-state index contributed by atoms with van der Waals surface area (Å²) in [6.45, 7) is 3.44. The molecule has 0 aromatic carbocycles. The first-order chi connectivity index (χ1) is 11.3. The highest BCUT2D eigenvalue weighted by atomic mass is 16.7. The first-order valence-corrected chi connectivity index (χ1v) is 7.60. The highest BCUT2D eigenvalue weighted by Crippen LogP contribution is 2.33. The van der Waals surface area contributed by atoms with E-state index in [1.165, 1.54) is 20.8 Å². The molecule has 0 N–H and O–H groups in total. The maximum Gasteiger partial charge on any atom is 0.306 e. The van der Waals surface area contributed by atoms with E-state index in [9.17, 15) is 19.2 Å². The van der Waals surface area contributed by atoms with Crippen molar-refractivity contribution < 1.29 is 42.9 Å². The normalized spacial score (nSPS) is 32.1. The van der Waals surface area contributed by atoms with Gasteiger partial charge in [0.25, 0.3) is 0 Å². The molecule has 24 heavy (non-hydrogen) atoms. The van der Waals surface area contributed by atoms with Crippen LogP contribution in [-0.4, -0.2) is 61.0 Å². The molecule has 9 heteroatoms. The Morgan fingerprint density at radius 2 is 1.67 bits per heavy atom. The minimum Gasteiger partial charge on any atom is -0.463 e. The summed E-state index contributed by atoms with van der Waals surface area (Å²) in [5.74, 6) is -2.22. The zero-order valence-corrected chi connectivity index (χ0v) is 13.7. The topological polar surface area (TPSA) is 114 Å². The lowest BCUT2D eigenvalue weighted by molar-refractivity contribution is -0.260. The van der Waals surface area contributed by atoms with Crippen molar-refractivity contribution in [3.05, 3.63) is 0 Å². The third-order valence-corrected chi connectivity index (χ3v) is 3.69. The number of rotatable bonds is 4. The van der Waals surface area contributed by atoms with Gasteiger partial charge in [0.2, 0.25) is 0 Å². The van der Waals surface area contributed by atoms with Crippen LogP contribution in [0.3, 0.4) is 0 Å². The van der Waals surface area contributed by atoms with E-state index in [2.05, 4.69) is 0 Å². The van der Waals surface area contributed by atoms with E-state index in [4.69, 9.17) is 23.7 Å². The molecule has 0 unspecified atom stereocenters. The minimum absolute atomic E-state index is 0.159. The van der Waals surface area contributed by atoms with Crippen LogP contribution in [0.25, 0.3) is 0 Å². The molecule has 0 aliphatic carbocycles. The van der Waals surface area contributed by atoms with Gasteiger partial charge in [-0.05, 0) is 6.42 Å². The van der Waals surface area contributed by atoms with Crippen molar-refractivity contribution in [2.24, 2.45) is 0 Å². The Morgan fingerprint density at radius 3 is 2.25 bits per heavy atom. The van der Waals surface area contributed by atoms with Crippen LogP contribution >= 0.6 is 0 Å². The van der Waals surface area contributed by atoms with E-state index in [-0.39, 0.29) is 13.0 Å². The summed E-state index contributed by atoms with van der Waals surface area (Å²) in [7, 11) is 0. The molecule has 0 saturated carbocycles. The zero-order chi connectivity index (χ0) is 17.9. The first kappa shape index (κ1) is 18.2. The lowest BCUT2D eigenvalue weighted by Gasteiger charge is -2.46. The van der Waals surface area contributed by atoms with Crippen LogP contribution < -0.4 is 0 Å². The molecule has 0 amide bonds. The molecule has 0 aromatic heterocycles. The standard InChI is InChI=1S/C15H20O9/c1-7(16)20-6-11-14(21-8(2)17)15(22-9(3)18)13-10(23-11)4-5-12(19)24-13/h10-11,13-15H,4-6H2,1-3H3/t10-,11-,13+,14+,15-/m1/s1. The van der Waals surface area contributed by atoms with Gasteiger partial charge in [0, 0.05) is 27.2 Å². The van der Waals surface area contributed by atoms with E-state index >= 15 is 0 Å². The van der Waals surface area contributed by atoms with Gasteiger partial charge in [0.1, 0.15) is 12.7 Å². The Hall–Kier alpha value is -2.16. The fraction of sp³-hybridized carbons (Fsp3) is 0.733. The fourth-order valence-electron chi connectivity index (χ4n) is 2.83. The second-order valence-corrected chi connectivity index (χ2v) is 5.66. The van der Waals surface area contributed by atoms with Crippen LogP contribution in [0.4, 0.5) is 0 Å². The van der Waals surface area contributed by atoms with E-state index in [1.54, 1.807) is 0 Å². The first-order valence-electron chi connectivity index (χ1n) is 7.60. The summed E-state index contributed by atoms with van der Waals surface area (Å²) in [4.78, 5) is 45.5. The Labute approximate surface area is 138 Å². The van der Waals surface area contributed by atoms with Gasteiger partial charge in [0.05, 0.1) is 6.10 Å². The summed E-state index contributed by atoms with van der Waals surface area (Å²) in [5.41, 5.74) is 0. The third kappa shape index (κ3) is 4.44. The Bertz CT molecular complexity index is 529. The fourth-order valence-corrected chi connectivity index (χ4v) is 2.83. The van der Waals surface area contributed by atoms with Crippen LogP contribution in [-0.2, 0) is 42.9 Å². The van der Waals surface area contributed by atoms with Gasteiger partial charge < -0.3 is 23.7 Å². The minimum atomic E-state index is -1.06. The van der Waals surface area contributed by atoms with Gasteiger partial charge in [0.15, 0.2) is 18.3 Å². The lowest BCUT2D eigenvalue weighted by atomic mass is 9.90. The number of esters is 4. The SMILES string of the molecule is CC(=O)OC[C@H]1O[C@@H]2CCC(=O)O[C@@H]2[C@@H](OC(C)=O)[C@H]1OC(C)=O. The quantitative estimate of drug-likeness (QED) is 0.508. The smallest absolute Gasteiger partial charge is 0.306 e. The molecule has 2 saturated heterocycles. The molecular weight excluding hydrogens is 324 g/mol. The molecule has 2 rings (SSSR count). The second-order valence-electron chi connectivity index (χ2n) is 5.66. The summed E-state index contributed by atoms with van der Waals surface area (Å²) >= 11 is 0. The number of ether oxygens (including phenoxy) is 5. The molecule has 134 valence electrons. The third-order valence-electron chi connectivity index (χ3n) is 3.69. The average Bonchev–Trinajstić information content (AvgIpc) is 2.47. The van der Waals surface area contributed by atoms with Gasteiger partial charge in [-0.25, -0.2) is 0 Å². The molecule has 0 spiro atoms. The van der Waals surface area contributed by atoms with Crippen molar-refractivity contribution in [2.75, 3.05) is 6.61 Å². The largest absolute Gasteiger partial charge is 0.463 e. The maximum atomic E-state index is 11.6. The molecule has 0 bridgehead atoms. The van der Waals surface area contributed by atoms with Crippen molar-refractivity contribution in [3.63, 3.8) is 0 Å². The molecule has 0 aromatic rings. The van der Waals surface area contributed by atoms with Crippen LogP contribution in [0.2, 0.25) is 0 Å². The molecule has 2 aliphatic heterocycles. The van der Waals surface area contributed by atoms with Crippen LogP contribution in [0.15, 0.2) is 0 Å². The molecule has 5 atom stereocenters. The number of hydrogen-bond donors (Lipinski definition) is 0. The monoisotopic (exact) mass is 344 g/mol. The summed E-state index contributed by atoms with van der Waals surface area (Å²) in [6, 6.07) is 0. The van der Waals surface area contributed by atoms with Gasteiger partial charge in [-0.2, -0.15) is 0 Å². The van der Waals surface area contributed by atoms with Gasteiger partial charge in [-0.15, -0.1) is 0 Å². The Balaban J connectivity index is 2.27. The van der Waals surface area contributed by atoms with Crippen LogP contribution in [0.1, 0.15) is 33.6 Å². The lowest BCUT2D eigenvalue weighted by Crippen LogP contribution is -2.63. The van der Waals surface area contributed by atoms with E-state index < -0.39 is 54.4 Å². The van der Waals surface area contributed by atoms with Crippen molar-refractivity contribution >= 4 is 23.9 Å². The van der Waals surface area contributed by atoms with Crippen molar-refractivity contribution in [2.45, 2.75) is 64.1 Å². The van der Waals surface area contributed by atoms with Gasteiger partial charge in [-0.3, -0.25) is 19.2 Å². The molecule has 2 fully saturated rings. The van der Waals surface area contributed by atoms with Crippen LogP contribution in [0.5, 0.6) is 0 Å². The molecule has 2 aliphatic rings. The number of carbonyl (C=O) groups excluding carboxylic acids is 4. The highest BCUT2D eigenvalue weighted by Gasteiger charge is 2.53. The van der Waals surface area contributed by atoms with Crippen molar-refractivity contribution in [3.8, 4) is 0 Å². The molecular formula is C15H20O9. The summed E-state index contributed by atoms with van der Waals surface area (Å²) in [5, 5.41) is 0. The second kappa shape index (κ2) is 7.61. The predicted molar refractivity (Wildman–Crippen MR) is 75.5 cm³/mol. The van der Waals surface area contributed by atoms with E-state index in [1.807, 2.05) is 0 Å². The van der Waals surface area contributed by atoms with Gasteiger partial charge >= 0.3 is 23.9 Å². The summed E-state index contributed by atoms with van der Waals surface area (Å²) < 4.78 is 26.4. The highest BCUT2D eigenvalue weighted by molar-refractivity contribution is 5.71. The van der Waals surface area contributed by atoms with Crippen LogP contribution in [0, 0.1) is 0 Å².